The maximum Gasteiger partial charge on any atom is 0.248 e. The van der Waals surface area contributed by atoms with E-state index in [0.29, 0.717) is 35.2 Å². The third-order valence-corrected chi connectivity index (χ3v) is 5.44. The lowest BCUT2D eigenvalue weighted by molar-refractivity contribution is 0.445. The Morgan fingerprint density at radius 3 is 2.52 bits per heavy atom. The number of benzene rings is 1. The van der Waals surface area contributed by atoms with Crippen LogP contribution in [0.25, 0.3) is 0 Å². The topological polar surface area (TPSA) is 84.9 Å². The quantitative estimate of drug-likeness (QED) is 0.618. The summed E-state index contributed by atoms with van der Waals surface area (Å²) in [6, 6.07) is 4.17. The Kier molecular flexibility index (Phi) is 6.34. The molecule has 1 aliphatic carbocycles. The van der Waals surface area contributed by atoms with Crippen LogP contribution >= 0.6 is 0 Å². The van der Waals surface area contributed by atoms with Gasteiger partial charge in [-0.1, -0.05) is 25.5 Å². The van der Waals surface area contributed by atoms with Crippen LogP contribution in [-0.2, 0) is 0 Å². The highest BCUT2D eigenvalue weighted by molar-refractivity contribution is 6.17. The SMILES string of the molecule is C=C(/N=C1\C(=C/C)NC(=Nc2c(F)cc(F)cc2F)N1C1CCCC1)Nc1ccc(=O)[nH]c1. The number of nitrogens with zero attached hydrogens (tertiary/aromatic N) is 3. The number of halogens is 3. The third kappa shape index (κ3) is 4.84. The van der Waals surface area contributed by atoms with Crippen LogP contribution in [0.5, 0.6) is 0 Å². The first kappa shape index (κ1) is 22.4. The molecule has 172 valence electrons. The summed E-state index contributed by atoms with van der Waals surface area (Å²) in [5.74, 6) is -2.21. The van der Waals surface area contributed by atoms with E-state index in [1.54, 1.807) is 19.1 Å². The molecule has 33 heavy (non-hydrogen) atoms. The molecule has 0 radical (unpaired) electrons. The normalized spacial score (nSPS) is 20.1. The summed E-state index contributed by atoms with van der Waals surface area (Å²) >= 11 is 0. The Bertz CT molecular complexity index is 1180. The van der Waals surface area contributed by atoms with E-state index in [1.165, 1.54) is 12.3 Å². The number of pyridine rings is 1. The van der Waals surface area contributed by atoms with Crippen molar-refractivity contribution in [2.24, 2.45) is 9.98 Å². The molecule has 0 amide bonds. The Morgan fingerprint density at radius 2 is 1.91 bits per heavy atom. The first-order chi connectivity index (χ1) is 15.9. The van der Waals surface area contributed by atoms with Gasteiger partial charge in [-0.15, -0.1) is 0 Å². The molecule has 1 saturated heterocycles. The van der Waals surface area contributed by atoms with E-state index in [4.69, 9.17) is 0 Å². The van der Waals surface area contributed by atoms with E-state index in [1.807, 2.05) is 4.90 Å². The fraction of sp³-hybridized carbons (Fsp3) is 0.261. The van der Waals surface area contributed by atoms with Gasteiger partial charge in [0.1, 0.15) is 17.3 Å². The Balaban J connectivity index is 1.72. The molecule has 0 spiro atoms. The number of guanidine groups is 1. The molecule has 2 aromatic rings. The van der Waals surface area contributed by atoms with Crippen LogP contribution in [0.15, 0.2) is 69.4 Å². The number of H-pyrrole nitrogens is 1. The minimum atomic E-state index is -1.09. The summed E-state index contributed by atoms with van der Waals surface area (Å²) in [7, 11) is 0. The lowest BCUT2D eigenvalue weighted by Crippen LogP contribution is -2.40. The van der Waals surface area contributed by atoms with Gasteiger partial charge in [0, 0.05) is 30.4 Å². The molecule has 1 saturated carbocycles. The minimum Gasteiger partial charge on any atom is -0.339 e. The number of amidine groups is 1. The van der Waals surface area contributed by atoms with Crippen LogP contribution < -0.4 is 16.2 Å². The second-order valence-electron chi connectivity index (χ2n) is 7.74. The Hall–Kier alpha value is -3.82. The lowest BCUT2D eigenvalue weighted by atomic mass is 10.2. The average molecular weight is 456 g/mol. The number of allylic oxidation sites excluding steroid dienone is 1. The van der Waals surface area contributed by atoms with E-state index in [9.17, 15) is 18.0 Å². The first-order valence-electron chi connectivity index (χ1n) is 10.5. The van der Waals surface area contributed by atoms with Gasteiger partial charge in [0.2, 0.25) is 11.5 Å². The highest BCUT2D eigenvalue weighted by Crippen LogP contribution is 2.31. The summed E-state index contributed by atoms with van der Waals surface area (Å²) in [6.45, 7) is 5.74. The highest BCUT2D eigenvalue weighted by Gasteiger charge is 2.37. The van der Waals surface area contributed by atoms with Gasteiger partial charge < -0.3 is 15.6 Å². The second kappa shape index (κ2) is 9.35. The van der Waals surface area contributed by atoms with Gasteiger partial charge in [-0.05, 0) is 25.8 Å². The number of rotatable bonds is 5. The van der Waals surface area contributed by atoms with Crippen molar-refractivity contribution in [2.45, 2.75) is 38.6 Å². The third-order valence-electron chi connectivity index (χ3n) is 5.44. The minimum absolute atomic E-state index is 0.0138. The molecule has 4 rings (SSSR count). The maximum absolute atomic E-state index is 14.3. The van der Waals surface area contributed by atoms with Crippen LogP contribution in [0.2, 0.25) is 0 Å². The predicted octanol–water partition coefficient (Wildman–Crippen LogP) is 4.51. The summed E-state index contributed by atoms with van der Waals surface area (Å²) in [4.78, 5) is 24.4. The molecule has 2 aliphatic rings. The summed E-state index contributed by atoms with van der Waals surface area (Å²) in [5.41, 5.74) is 0.368. The molecule has 7 nitrogen and oxygen atoms in total. The molecule has 0 unspecified atom stereocenters. The molecular weight excluding hydrogens is 433 g/mol. The largest absolute Gasteiger partial charge is 0.339 e. The van der Waals surface area contributed by atoms with Gasteiger partial charge >= 0.3 is 0 Å². The van der Waals surface area contributed by atoms with E-state index in [-0.39, 0.29) is 17.6 Å². The van der Waals surface area contributed by atoms with Crippen molar-refractivity contribution < 1.29 is 13.2 Å². The molecule has 2 heterocycles. The van der Waals surface area contributed by atoms with Gasteiger partial charge in [-0.3, -0.25) is 9.69 Å². The highest BCUT2D eigenvalue weighted by atomic mass is 19.1. The molecule has 0 atom stereocenters. The van der Waals surface area contributed by atoms with Crippen molar-refractivity contribution in [3.05, 3.63) is 82.4 Å². The first-order valence-corrected chi connectivity index (χ1v) is 10.5. The molecule has 3 N–H and O–H groups in total. The monoisotopic (exact) mass is 456 g/mol. The van der Waals surface area contributed by atoms with Crippen molar-refractivity contribution in [2.75, 3.05) is 5.32 Å². The van der Waals surface area contributed by atoms with Crippen LogP contribution in [0.1, 0.15) is 32.6 Å². The predicted molar refractivity (Wildman–Crippen MR) is 122 cm³/mol. The van der Waals surface area contributed by atoms with Crippen LogP contribution in [0.3, 0.4) is 0 Å². The van der Waals surface area contributed by atoms with Gasteiger partial charge in [-0.2, -0.15) is 0 Å². The van der Waals surface area contributed by atoms with Crippen molar-refractivity contribution in [3.8, 4) is 0 Å². The van der Waals surface area contributed by atoms with E-state index < -0.39 is 23.1 Å². The number of aromatic amines is 1. The zero-order chi connectivity index (χ0) is 23.5. The fourth-order valence-corrected chi connectivity index (χ4v) is 3.93. The maximum atomic E-state index is 14.3. The molecule has 1 aromatic heterocycles. The van der Waals surface area contributed by atoms with E-state index in [2.05, 4.69) is 32.2 Å². The zero-order valence-corrected chi connectivity index (χ0v) is 18.0. The lowest BCUT2D eigenvalue weighted by Gasteiger charge is -2.25. The average Bonchev–Trinajstić information content (AvgIpc) is 3.40. The number of nitrogens with one attached hydrogen (secondary N) is 3. The van der Waals surface area contributed by atoms with Crippen molar-refractivity contribution in [1.82, 2.24) is 15.2 Å². The standard InChI is InChI=1S/C23H23F3N6O/c1-3-19-22(29-13(2)28-15-8-9-20(33)27-12-15)32(16-6-4-5-7-16)23(30-19)31-21-17(25)10-14(24)11-18(21)26/h3,8-12,16,28H,2,4-7H2,1H3,(H,27,33)(H,30,31)/b19-3+,29-22+. The fourth-order valence-electron chi connectivity index (χ4n) is 3.93. The molecular formula is C23H23F3N6O. The second-order valence-corrected chi connectivity index (χ2v) is 7.74. The number of aromatic nitrogens is 1. The van der Waals surface area contributed by atoms with Crippen molar-refractivity contribution in [1.29, 1.82) is 0 Å². The van der Waals surface area contributed by atoms with Gasteiger partial charge in [0.25, 0.3) is 0 Å². The van der Waals surface area contributed by atoms with Crippen LogP contribution in [-0.4, -0.2) is 27.7 Å². The number of aliphatic imine (C=N–C) groups is 2. The number of hydrogen-bond donors (Lipinski definition) is 3. The van der Waals surface area contributed by atoms with E-state index >= 15 is 0 Å². The van der Waals surface area contributed by atoms with Crippen LogP contribution in [0, 0.1) is 17.5 Å². The molecule has 0 bridgehead atoms. The summed E-state index contributed by atoms with van der Waals surface area (Å²) in [5, 5.41) is 6.08. The van der Waals surface area contributed by atoms with Gasteiger partial charge in [0.15, 0.2) is 17.5 Å². The molecule has 1 aliphatic heterocycles. The van der Waals surface area contributed by atoms with Gasteiger partial charge in [0.05, 0.1) is 11.4 Å². The Morgan fingerprint density at radius 1 is 1.21 bits per heavy atom. The summed E-state index contributed by atoms with van der Waals surface area (Å²) < 4.78 is 41.9. The number of anilines is 1. The Labute approximate surface area is 188 Å². The molecule has 2 fully saturated rings. The van der Waals surface area contributed by atoms with Crippen LogP contribution in [0.4, 0.5) is 24.5 Å². The van der Waals surface area contributed by atoms with Gasteiger partial charge in [-0.25, -0.2) is 23.2 Å². The number of hydrogen-bond acceptors (Lipinski definition) is 4. The zero-order valence-electron chi connectivity index (χ0n) is 18.0. The summed E-state index contributed by atoms with van der Waals surface area (Å²) in [6.07, 6.45) is 6.98. The molecule has 1 aromatic carbocycles. The smallest absolute Gasteiger partial charge is 0.248 e. The van der Waals surface area contributed by atoms with Crippen molar-refractivity contribution >= 4 is 23.2 Å². The van der Waals surface area contributed by atoms with Crippen molar-refractivity contribution in [3.63, 3.8) is 0 Å². The molecule has 10 heteroatoms. The van der Waals surface area contributed by atoms with E-state index in [0.717, 1.165) is 25.7 Å².